The van der Waals surface area contributed by atoms with E-state index in [2.05, 4.69) is 0 Å². The summed E-state index contributed by atoms with van der Waals surface area (Å²) in [7, 11) is 1.69. The van der Waals surface area contributed by atoms with Crippen LogP contribution in [0.5, 0.6) is 0 Å². The standard InChI is InChI=1S/C12H22O4S/c1-15-5-2-6-16-7-8-17-10-12(3-4-12)9-11(13)14/h2-10H2,1H3,(H,13,14). The lowest BCUT2D eigenvalue weighted by Gasteiger charge is -2.11. The molecule has 1 aliphatic rings. The molecule has 0 radical (unpaired) electrons. The molecule has 1 aliphatic carbocycles. The molecule has 0 spiro atoms. The molecule has 0 aromatic rings. The Bertz CT molecular complexity index is 229. The van der Waals surface area contributed by atoms with E-state index in [-0.39, 0.29) is 5.41 Å². The molecule has 4 nitrogen and oxygen atoms in total. The molecule has 0 saturated heterocycles. The van der Waals surface area contributed by atoms with Crippen molar-refractivity contribution in [1.29, 1.82) is 0 Å². The fraction of sp³-hybridized carbons (Fsp3) is 0.917. The highest BCUT2D eigenvalue weighted by Crippen LogP contribution is 2.50. The number of carbonyl (C=O) groups is 1. The fourth-order valence-electron chi connectivity index (χ4n) is 1.68. The highest BCUT2D eigenvalue weighted by molar-refractivity contribution is 7.99. The SMILES string of the molecule is COCCCOCCSCC1(CC(=O)O)CC1. The third-order valence-electron chi connectivity index (χ3n) is 2.90. The molecular weight excluding hydrogens is 240 g/mol. The van der Waals surface area contributed by atoms with Crippen LogP contribution in [-0.2, 0) is 14.3 Å². The van der Waals surface area contributed by atoms with Crippen molar-refractivity contribution >= 4 is 17.7 Å². The quantitative estimate of drug-likeness (QED) is 0.577. The minimum Gasteiger partial charge on any atom is -0.481 e. The van der Waals surface area contributed by atoms with Crippen molar-refractivity contribution in [2.45, 2.75) is 25.7 Å². The smallest absolute Gasteiger partial charge is 0.303 e. The Labute approximate surface area is 107 Å². The number of rotatable bonds is 11. The van der Waals surface area contributed by atoms with Crippen molar-refractivity contribution in [3.8, 4) is 0 Å². The Balaban J connectivity index is 1.89. The molecular formula is C12H22O4S. The molecule has 0 aliphatic heterocycles. The molecule has 0 amide bonds. The van der Waals surface area contributed by atoms with Gasteiger partial charge >= 0.3 is 5.97 Å². The van der Waals surface area contributed by atoms with E-state index in [4.69, 9.17) is 14.6 Å². The second-order valence-electron chi connectivity index (χ2n) is 4.58. The Morgan fingerprint density at radius 3 is 2.71 bits per heavy atom. The van der Waals surface area contributed by atoms with Crippen molar-refractivity contribution in [3.05, 3.63) is 0 Å². The van der Waals surface area contributed by atoms with Crippen LogP contribution in [0.15, 0.2) is 0 Å². The van der Waals surface area contributed by atoms with Crippen LogP contribution in [0, 0.1) is 5.41 Å². The third-order valence-corrected chi connectivity index (χ3v) is 4.17. The van der Waals surface area contributed by atoms with Gasteiger partial charge < -0.3 is 14.6 Å². The van der Waals surface area contributed by atoms with Crippen molar-refractivity contribution in [2.24, 2.45) is 5.41 Å². The Morgan fingerprint density at radius 2 is 2.12 bits per heavy atom. The van der Waals surface area contributed by atoms with E-state index in [9.17, 15) is 4.79 Å². The summed E-state index contributed by atoms with van der Waals surface area (Å²) < 4.78 is 10.4. The first-order chi connectivity index (χ1) is 8.18. The van der Waals surface area contributed by atoms with Crippen molar-refractivity contribution in [1.82, 2.24) is 0 Å². The largest absolute Gasteiger partial charge is 0.481 e. The Kier molecular flexibility index (Phi) is 6.92. The van der Waals surface area contributed by atoms with Crippen LogP contribution in [0.4, 0.5) is 0 Å². The number of hydrogen-bond acceptors (Lipinski definition) is 4. The van der Waals surface area contributed by atoms with E-state index < -0.39 is 5.97 Å². The van der Waals surface area contributed by atoms with Gasteiger partial charge in [-0.2, -0.15) is 11.8 Å². The number of carboxylic acid groups (broad SMARTS) is 1. The predicted molar refractivity (Wildman–Crippen MR) is 68.6 cm³/mol. The number of hydrogen-bond donors (Lipinski definition) is 1. The fourth-order valence-corrected chi connectivity index (χ4v) is 2.89. The van der Waals surface area contributed by atoms with Crippen molar-refractivity contribution in [2.75, 3.05) is 38.4 Å². The van der Waals surface area contributed by atoms with Crippen LogP contribution < -0.4 is 0 Å². The molecule has 17 heavy (non-hydrogen) atoms. The third kappa shape index (κ3) is 6.91. The van der Waals surface area contributed by atoms with Gasteiger partial charge in [0.05, 0.1) is 13.0 Å². The van der Waals surface area contributed by atoms with Gasteiger partial charge in [-0.15, -0.1) is 0 Å². The zero-order valence-corrected chi connectivity index (χ0v) is 11.3. The first-order valence-corrected chi connectivity index (χ1v) is 7.20. The van der Waals surface area contributed by atoms with Gasteiger partial charge in [-0.1, -0.05) is 0 Å². The van der Waals surface area contributed by atoms with Crippen molar-refractivity contribution in [3.63, 3.8) is 0 Å². The lowest BCUT2D eigenvalue weighted by Crippen LogP contribution is -2.12. The van der Waals surface area contributed by atoms with E-state index >= 15 is 0 Å². The molecule has 0 heterocycles. The second kappa shape index (κ2) is 7.95. The van der Waals surface area contributed by atoms with Gasteiger partial charge in [-0.05, 0) is 30.4 Å². The summed E-state index contributed by atoms with van der Waals surface area (Å²) in [5.74, 6) is 1.24. The van der Waals surface area contributed by atoms with Gasteiger partial charge in [-0.3, -0.25) is 4.79 Å². The molecule has 0 atom stereocenters. The van der Waals surface area contributed by atoms with Gasteiger partial charge in [0.25, 0.3) is 0 Å². The first kappa shape index (κ1) is 14.8. The average Bonchev–Trinajstić information content (AvgIpc) is 3.01. The molecule has 1 rings (SSSR count). The molecule has 1 fully saturated rings. The van der Waals surface area contributed by atoms with Gasteiger partial charge in [0, 0.05) is 26.1 Å². The number of ether oxygens (including phenoxy) is 2. The summed E-state index contributed by atoms with van der Waals surface area (Å²) in [6.45, 7) is 2.24. The maximum absolute atomic E-state index is 10.6. The summed E-state index contributed by atoms with van der Waals surface area (Å²) in [5.41, 5.74) is 0.104. The monoisotopic (exact) mass is 262 g/mol. The topological polar surface area (TPSA) is 55.8 Å². The lowest BCUT2D eigenvalue weighted by atomic mass is 10.1. The van der Waals surface area contributed by atoms with Gasteiger partial charge in [0.15, 0.2) is 0 Å². The number of aliphatic carboxylic acids is 1. The minimum atomic E-state index is -0.668. The molecule has 100 valence electrons. The van der Waals surface area contributed by atoms with Gasteiger partial charge in [0.1, 0.15) is 0 Å². The average molecular weight is 262 g/mol. The van der Waals surface area contributed by atoms with E-state index in [0.717, 1.165) is 50.6 Å². The molecule has 0 aromatic heterocycles. The summed E-state index contributed by atoms with van der Waals surface area (Å²) in [4.78, 5) is 10.6. The lowest BCUT2D eigenvalue weighted by molar-refractivity contribution is -0.138. The molecule has 0 bridgehead atoms. The maximum atomic E-state index is 10.6. The second-order valence-corrected chi connectivity index (χ2v) is 5.69. The summed E-state index contributed by atoms with van der Waals surface area (Å²) >= 11 is 1.81. The molecule has 5 heteroatoms. The van der Waals surface area contributed by atoms with Crippen LogP contribution in [0.3, 0.4) is 0 Å². The van der Waals surface area contributed by atoms with Gasteiger partial charge in [-0.25, -0.2) is 0 Å². The van der Waals surface area contributed by atoms with Crippen LogP contribution >= 0.6 is 11.8 Å². The zero-order valence-electron chi connectivity index (χ0n) is 10.4. The van der Waals surface area contributed by atoms with E-state index in [1.54, 1.807) is 7.11 Å². The number of carboxylic acids is 1. The van der Waals surface area contributed by atoms with Crippen LogP contribution in [0.2, 0.25) is 0 Å². The molecule has 1 N–H and O–H groups in total. The molecule has 1 saturated carbocycles. The summed E-state index contributed by atoms with van der Waals surface area (Å²) in [6.07, 6.45) is 3.40. The molecule has 0 aromatic carbocycles. The van der Waals surface area contributed by atoms with Gasteiger partial charge in [0.2, 0.25) is 0 Å². The Hall–Kier alpha value is -0.260. The minimum absolute atomic E-state index is 0.104. The predicted octanol–water partition coefficient (Wildman–Crippen LogP) is 2.03. The normalized spacial score (nSPS) is 17.0. The number of thioether (sulfide) groups is 1. The van der Waals surface area contributed by atoms with E-state index in [1.165, 1.54) is 0 Å². The summed E-state index contributed by atoms with van der Waals surface area (Å²) in [5, 5.41) is 8.77. The highest BCUT2D eigenvalue weighted by atomic mass is 32.2. The van der Waals surface area contributed by atoms with E-state index in [1.807, 2.05) is 11.8 Å². The maximum Gasteiger partial charge on any atom is 0.303 e. The van der Waals surface area contributed by atoms with E-state index in [0.29, 0.717) is 6.42 Å². The Morgan fingerprint density at radius 1 is 1.35 bits per heavy atom. The van der Waals surface area contributed by atoms with Crippen molar-refractivity contribution < 1.29 is 19.4 Å². The number of methoxy groups -OCH3 is 1. The molecule has 0 unspecified atom stereocenters. The van der Waals surface area contributed by atoms with Crippen LogP contribution in [0.1, 0.15) is 25.7 Å². The van der Waals surface area contributed by atoms with Crippen LogP contribution in [0.25, 0.3) is 0 Å². The van der Waals surface area contributed by atoms with Crippen LogP contribution in [-0.4, -0.2) is 49.5 Å². The zero-order chi connectivity index (χ0) is 12.6. The first-order valence-electron chi connectivity index (χ1n) is 6.05. The summed E-state index contributed by atoms with van der Waals surface area (Å²) in [6, 6.07) is 0. The highest BCUT2D eigenvalue weighted by Gasteiger charge is 2.43.